The zero-order valence-corrected chi connectivity index (χ0v) is 16.9. The summed E-state index contributed by atoms with van der Waals surface area (Å²) in [6.45, 7) is 0. The van der Waals surface area contributed by atoms with E-state index in [0.717, 1.165) is 16.2 Å². The van der Waals surface area contributed by atoms with Crippen molar-refractivity contribution >= 4 is 68.3 Å². The van der Waals surface area contributed by atoms with Gasteiger partial charge in [0, 0.05) is 24.4 Å². The molecule has 0 fully saturated rings. The van der Waals surface area contributed by atoms with Crippen molar-refractivity contribution in [2.24, 2.45) is 0 Å². The normalized spacial score (nSPS) is 10.6. The number of halogens is 2. The van der Waals surface area contributed by atoms with Gasteiger partial charge in [-0.15, -0.1) is 23.1 Å². The number of amides is 1. The summed E-state index contributed by atoms with van der Waals surface area (Å²) < 4.78 is 1.18. The highest BCUT2D eigenvalue weighted by molar-refractivity contribution is 14.1. The highest BCUT2D eigenvalue weighted by Crippen LogP contribution is 2.26. The third kappa shape index (κ3) is 4.95. The Hall–Kier alpha value is -1.09. The molecule has 3 nitrogen and oxygen atoms in total. The second kappa shape index (κ2) is 8.33. The van der Waals surface area contributed by atoms with Gasteiger partial charge in [0.25, 0.3) is 0 Å². The van der Waals surface area contributed by atoms with Crippen molar-refractivity contribution in [1.29, 1.82) is 0 Å². The third-order valence-corrected chi connectivity index (χ3v) is 5.81. The smallest absolute Gasteiger partial charge is 0.236 e. The molecule has 3 aromatic rings. The van der Waals surface area contributed by atoms with Crippen molar-refractivity contribution < 1.29 is 4.79 Å². The molecule has 3 rings (SSSR count). The number of thioether (sulfide) groups is 1. The molecule has 0 bridgehead atoms. The van der Waals surface area contributed by atoms with Crippen LogP contribution < -0.4 is 5.32 Å². The van der Waals surface area contributed by atoms with Crippen LogP contribution in [0.1, 0.15) is 0 Å². The van der Waals surface area contributed by atoms with Gasteiger partial charge in [0.1, 0.15) is 0 Å². The number of carbonyl (C=O) groups excluding carboxylic acids is 1. The van der Waals surface area contributed by atoms with Crippen LogP contribution in [0.2, 0.25) is 5.02 Å². The molecule has 0 saturated heterocycles. The molecular formula is C17H12ClIN2OS2. The van der Waals surface area contributed by atoms with E-state index >= 15 is 0 Å². The Labute approximate surface area is 167 Å². The molecule has 0 radical (unpaired) electrons. The second-order valence-electron chi connectivity index (χ2n) is 4.84. The zero-order chi connectivity index (χ0) is 16.9. The van der Waals surface area contributed by atoms with Crippen LogP contribution in [-0.4, -0.2) is 16.6 Å². The van der Waals surface area contributed by atoms with Crippen molar-refractivity contribution in [3.8, 4) is 11.3 Å². The Bertz CT molecular complexity index is 835. The Morgan fingerprint density at radius 3 is 2.58 bits per heavy atom. The number of aromatic nitrogens is 1. The van der Waals surface area contributed by atoms with E-state index < -0.39 is 0 Å². The minimum absolute atomic E-state index is 0.0709. The van der Waals surface area contributed by atoms with Crippen molar-refractivity contribution in [2.45, 2.75) is 4.90 Å². The monoisotopic (exact) mass is 486 g/mol. The number of hydrogen-bond donors (Lipinski definition) is 1. The zero-order valence-electron chi connectivity index (χ0n) is 12.3. The van der Waals surface area contributed by atoms with Crippen molar-refractivity contribution in [2.75, 3.05) is 11.1 Å². The molecule has 1 heterocycles. The summed E-state index contributed by atoms with van der Waals surface area (Å²) in [5.41, 5.74) is 1.92. The van der Waals surface area contributed by atoms with Gasteiger partial charge in [0.15, 0.2) is 5.13 Å². The first-order chi connectivity index (χ1) is 11.6. The van der Waals surface area contributed by atoms with Crippen LogP contribution in [0.5, 0.6) is 0 Å². The van der Waals surface area contributed by atoms with E-state index in [1.165, 1.54) is 26.7 Å². The van der Waals surface area contributed by atoms with Gasteiger partial charge in [-0.1, -0.05) is 23.7 Å². The molecule has 1 N–H and O–H groups in total. The first-order valence-corrected chi connectivity index (χ1v) is 10.3. The van der Waals surface area contributed by atoms with Gasteiger partial charge in [0.05, 0.1) is 11.4 Å². The lowest BCUT2D eigenvalue weighted by molar-refractivity contribution is -0.113. The SMILES string of the molecule is O=C(CSc1ccc(Cl)cc1)Nc1nc(-c2ccc(I)cc2)cs1. The summed E-state index contributed by atoms with van der Waals surface area (Å²) in [6.07, 6.45) is 0. The maximum Gasteiger partial charge on any atom is 0.236 e. The van der Waals surface area contributed by atoms with Crippen LogP contribution in [0.3, 0.4) is 0 Å². The molecule has 7 heteroatoms. The highest BCUT2D eigenvalue weighted by atomic mass is 127. The Morgan fingerprint density at radius 2 is 1.88 bits per heavy atom. The molecule has 0 unspecified atom stereocenters. The van der Waals surface area contributed by atoms with Crippen LogP contribution in [0.15, 0.2) is 58.8 Å². The number of anilines is 1. The van der Waals surface area contributed by atoms with Gasteiger partial charge in [-0.25, -0.2) is 4.98 Å². The van der Waals surface area contributed by atoms with Gasteiger partial charge >= 0.3 is 0 Å². The molecule has 0 aliphatic carbocycles. The van der Waals surface area contributed by atoms with E-state index in [9.17, 15) is 4.79 Å². The summed E-state index contributed by atoms with van der Waals surface area (Å²) in [5.74, 6) is 0.263. The first-order valence-electron chi connectivity index (χ1n) is 7.00. The predicted octanol–water partition coefficient (Wildman–Crippen LogP) is 5.80. The lowest BCUT2D eigenvalue weighted by atomic mass is 10.2. The summed E-state index contributed by atoms with van der Waals surface area (Å²) in [6, 6.07) is 15.6. The number of thiazole rings is 1. The van der Waals surface area contributed by atoms with Gasteiger partial charge in [-0.2, -0.15) is 0 Å². The van der Waals surface area contributed by atoms with Crippen LogP contribution in [0.4, 0.5) is 5.13 Å². The van der Waals surface area contributed by atoms with Crippen LogP contribution in [-0.2, 0) is 4.79 Å². The maximum atomic E-state index is 12.1. The molecule has 0 atom stereocenters. The minimum Gasteiger partial charge on any atom is -0.301 e. The molecule has 2 aromatic carbocycles. The summed E-state index contributed by atoms with van der Waals surface area (Å²) >= 11 is 11.0. The number of carbonyl (C=O) groups is 1. The quantitative estimate of drug-likeness (QED) is 0.366. The maximum absolute atomic E-state index is 12.1. The molecule has 0 aliphatic rings. The number of benzene rings is 2. The summed E-state index contributed by atoms with van der Waals surface area (Å²) in [7, 11) is 0. The molecular weight excluding hydrogens is 475 g/mol. The third-order valence-electron chi connectivity index (χ3n) is 3.07. The van der Waals surface area contributed by atoms with Gasteiger partial charge in [-0.3, -0.25) is 4.79 Å². The fourth-order valence-corrected chi connectivity index (χ4v) is 3.84. The standard InChI is InChI=1S/C17H12ClIN2OS2/c18-12-3-7-14(8-4-12)23-10-16(22)21-17-20-15(9-24-17)11-1-5-13(19)6-2-11/h1-9H,10H2,(H,20,21,22). The van der Waals surface area contributed by atoms with Crippen LogP contribution in [0, 0.1) is 3.57 Å². The summed E-state index contributed by atoms with van der Waals surface area (Å²) in [5, 5.41) is 6.10. The van der Waals surface area contributed by atoms with Gasteiger partial charge in [-0.05, 0) is 59.0 Å². The average molecular weight is 487 g/mol. The fourth-order valence-electron chi connectivity index (χ4n) is 1.92. The van der Waals surface area contributed by atoms with E-state index in [-0.39, 0.29) is 5.91 Å². The molecule has 0 spiro atoms. The van der Waals surface area contributed by atoms with E-state index in [2.05, 4.69) is 32.9 Å². The molecule has 1 aromatic heterocycles. The molecule has 1 amide bonds. The Kier molecular flexibility index (Phi) is 6.15. The topological polar surface area (TPSA) is 42.0 Å². The number of rotatable bonds is 5. The molecule has 122 valence electrons. The number of hydrogen-bond acceptors (Lipinski definition) is 4. The van der Waals surface area contributed by atoms with Crippen LogP contribution in [0.25, 0.3) is 11.3 Å². The average Bonchev–Trinajstić information content (AvgIpc) is 3.03. The molecule has 0 aliphatic heterocycles. The first kappa shape index (κ1) is 17.7. The van der Waals surface area contributed by atoms with E-state index in [0.29, 0.717) is 15.9 Å². The largest absolute Gasteiger partial charge is 0.301 e. The molecule has 0 saturated carbocycles. The lowest BCUT2D eigenvalue weighted by Crippen LogP contribution is -2.13. The minimum atomic E-state index is -0.0709. The van der Waals surface area contributed by atoms with E-state index in [4.69, 9.17) is 11.6 Å². The Morgan fingerprint density at radius 1 is 1.17 bits per heavy atom. The lowest BCUT2D eigenvalue weighted by Gasteiger charge is -2.02. The summed E-state index contributed by atoms with van der Waals surface area (Å²) in [4.78, 5) is 17.5. The second-order valence-corrected chi connectivity index (χ2v) is 8.42. The predicted molar refractivity (Wildman–Crippen MR) is 111 cm³/mol. The highest BCUT2D eigenvalue weighted by Gasteiger charge is 2.09. The van der Waals surface area contributed by atoms with Crippen LogP contribution >= 0.6 is 57.3 Å². The fraction of sp³-hybridized carbons (Fsp3) is 0.0588. The van der Waals surface area contributed by atoms with Crippen molar-refractivity contribution in [3.63, 3.8) is 0 Å². The molecule has 24 heavy (non-hydrogen) atoms. The Balaban J connectivity index is 1.57. The van der Waals surface area contributed by atoms with E-state index in [1.54, 1.807) is 0 Å². The van der Waals surface area contributed by atoms with Crippen molar-refractivity contribution in [3.05, 3.63) is 62.5 Å². The number of nitrogens with zero attached hydrogens (tertiary/aromatic N) is 1. The van der Waals surface area contributed by atoms with Gasteiger partial charge in [0.2, 0.25) is 5.91 Å². The number of nitrogens with one attached hydrogen (secondary N) is 1. The van der Waals surface area contributed by atoms with Crippen molar-refractivity contribution in [1.82, 2.24) is 4.98 Å². The van der Waals surface area contributed by atoms with Gasteiger partial charge < -0.3 is 5.32 Å². The van der Waals surface area contributed by atoms with E-state index in [1.807, 2.05) is 53.9 Å².